The van der Waals surface area contributed by atoms with Crippen molar-refractivity contribution in [3.05, 3.63) is 35.9 Å². The predicted octanol–water partition coefficient (Wildman–Crippen LogP) is 1.36. The second-order valence-corrected chi connectivity index (χ2v) is 4.25. The average molecular weight is 266 g/mol. The Morgan fingerprint density at radius 1 is 1.21 bits per heavy atom. The molecule has 1 rings (SSSR count). The topological polar surface area (TPSA) is 75.8 Å². The van der Waals surface area contributed by atoms with E-state index in [9.17, 15) is 4.79 Å². The van der Waals surface area contributed by atoms with Crippen molar-refractivity contribution in [2.45, 2.75) is 19.4 Å². The molecule has 19 heavy (non-hydrogen) atoms. The molecule has 5 heteroatoms. The Morgan fingerprint density at radius 2 is 1.89 bits per heavy atom. The smallest absolute Gasteiger partial charge is 0.410 e. The van der Waals surface area contributed by atoms with Crippen molar-refractivity contribution in [1.29, 1.82) is 0 Å². The molecule has 0 aromatic heterocycles. The van der Waals surface area contributed by atoms with Crippen molar-refractivity contribution in [3.63, 3.8) is 0 Å². The van der Waals surface area contributed by atoms with Gasteiger partial charge in [-0.25, -0.2) is 4.79 Å². The SMILES string of the molecule is NCCCN(CCCO)C(=O)OCc1ccccc1. The number of carbonyl (C=O) groups excluding carboxylic acids is 1. The fraction of sp³-hybridized carbons (Fsp3) is 0.500. The lowest BCUT2D eigenvalue weighted by atomic mass is 10.2. The second kappa shape index (κ2) is 9.35. The van der Waals surface area contributed by atoms with E-state index in [-0.39, 0.29) is 19.3 Å². The van der Waals surface area contributed by atoms with Crippen molar-refractivity contribution in [2.75, 3.05) is 26.2 Å². The molecule has 0 atom stereocenters. The van der Waals surface area contributed by atoms with Gasteiger partial charge in [-0.1, -0.05) is 30.3 Å². The maximum Gasteiger partial charge on any atom is 0.410 e. The minimum absolute atomic E-state index is 0.0606. The molecule has 0 saturated heterocycles. The van der Waals surface area contributed by atoms with Crippen molar-refractivity contribution in [3.8, 4) is 0 Å². The Hall–Kier alpha value is -1.59. The van der Waals surface area contributed by atoms with E-state index < -0.39 is 0 Å². The highest BCUT2D eigenvalue weighted by atomic mass is 16.6. The lowest BCUT2D eigenvalue weighted by Gasteiger charge is -2.21. The quantitative estimate of drug-likeness (QED) is 0.745. The first-order valence-electron chi connectivity index (χ1n) is 6.54. The van der Waals surface area contributed by atoms with Crippen LogP contribution in [-0.2, 0) is 11.3 Å². The van der Waals surface area contributed by atoms with Crippen LogP contribution >= 0.6 is 0 Å². The highest BCUT2D eigenvalue weighted by Gasteiger charge is 2.13. The molecule has 0 aliphatic rings. The maximum absolute atomic E-state index is 11.9. The number of ether oxygens (including phenoxy) is 1. The van der Waals surface area contributed by atoms with Crippen molar-refractivity contribution in [1.82, 2.24) is 4.90 Å². The number of nitrogens with zero attached hydrogens (tertiary/aromatic N) is 1. The first kappa shape index (κ1) is 15.5. The molecule has 1 amide bonds. The van der Waals surface area contributed by atoms with Gasteiger partial charge in [0.1, 0.15) is 6.61 Å². The number of benzene rings is 1. The summed E-state index contributed by atoms with van der Waals surface area (Å²) in [4.78, 5) is 13.5. The van der Waals surface area contributed by atoms with Gasteiger partial charge < -0.3 is 20.5 Å². The van der Waals surface area contributed by atoms with Gasteiger partial charge in [-0.05, 0) is 24.9 Å². The molecule has 5 nitrogen and oxygen atoms in total. The van der Waals surface area contributed by atoms with Gasteiger partial charge in [0, 0.05) is 19.7 Å². The molecule has 0 aliphatic carbocycles. The second-order valence-electron chi connectivity index (χ2n) is 4.25. The molecule has 1 aromatic carbocycles. The summed E-state index contributed by atoms with van der Waals surface area (Å²) in [5, 5.41) is 8.83. The van der Waals surface area contributed by atoms with Crippen LogP contribution in [0.5, 0.6) is 0 Å². The van der Waals surface area contributed by atoms with Crippen LogP contribution in [0.4, 0.5) is 4.79 Å². The molecule has 1 aromatic rings. The number of hydrogen-bond donors (Lipinski definition) is 2. The summed E-state index contributed by atoms with van der Waals surface area (Å²) in [5.74, 6) is 0. The van der Waals surface area contributed by atoms with E-state index in [1.54, 1.807) is 4.90 Å². The van der Waals surface area contributed by atoms with Crippen LogP contribution < -0.4 is 5.73 Å². The van der Waals surface area contributed by atoms with Crippen LogP contribution in [-0.4, -0.2) is 42.3 Å². The zero-order chi connectivity index (χ0) is 13.9. The number of hydrogen-bond acceptors (Lipinski definition) is 4. The number of nitrogens with two attached hydrogens (primary N) is 1. The first-order valence-corrected chi connectivity index (χ1v) is 6.54. The summed E-state index contributed by atoms with van der Waals surface area (Å²) < 4.78 is 5.25. The summed E-state index contributed by atoms with van der Waals surface area (Å²) in [6, 6.07) is 9.54. The molecule has 0 aliphatic heterocycles. The zero-order valence-corrected chi connectivity index (χ0v) is 11.1. The largest absolute Gasteiger partial charge is 0.445 e. The van der Waals surface area contributed by atoms with Crippen LogP contribution in [0, 0.1) is 0 Å². The van der Waals surface area contributed by atoms with E-state index in [1.165, 1.54) is 0 Å². The summed E-state index contributed by atoms with van der Waals surface area (Å²) in [7, 11) is 0. The van der Waals surface area contributed by atoms with Crippen LogP contribution in [0.25, 0.3) is 0 Å². The first-order chi connectivity index (χ1) is 9.27. The Kier molecular flexibility index (Phi) is 7.62. The van der Waals surface area contributed by atoms with Crippen molar-refractivity contribution >= 4 is 6.09 Å². The number of aliphatic hydroxyl groups is 1. The number of rotatable bonds is 8. The Morgan fingerprint density at radius 3 is 2.53 bits per heavy atom. The van der Waals surface area contributed by atoms with Crippen LogP contribution in [0.15, 0.2) is 30.3 Å². The van der Waals surface area contributed by atoms with E-state index >= 15 is 0 Å². The van der Waals surface area contributed by atoms with Gasteiger partial charge in [0.2, 0.25) is 0 Å². The molecule has 0 radical (unpaired) electrons. The third-order valence-corrected chi connectivity index (χ3v) is 2.68. The summed E-state index contributed by atoms with van der Waals surface area (Å²) in [6.45, 7) is 1.90. The number of carbonyl (C=O) groups is 1. The third kappa shape index (κ3) is 6.22. The highest BCUT2D eigenvalue weighted by Crippen LogP contribution is 2.04. The van der Waals surface area contributed by atoms with Gasteiger partial charge in [0.25, 0.3) is 0 Å². The van der Waals surface area contributed by atoms with E-state index in [0.29, 0.717) is 26.1 Å². The molecular weight excluding hydrogens is 244 g/mol. The molecule has 0 unspecified atom stereocenters. The molecule has 0 heterocycles. The molecule has 0 saturated carbocycles. The predicted molar refractivity (Wildman–Crippen MR) is 73.6 cm³/mol. The van der Waals surface area contributed by atoms with E-state index in [2.05, 4.69) is 0 Å². The molecule has 0 fully saturated rings. The van der Waals surface area contributed by atoms with Gasteiger partial charge >= 0.3 is 6.09 Å². The normalized spacial score (nSPS) is 10.2. The van der Waals surface area contributed by atoms with Crippen LogP contribution in [0.1, 0.15) is 18.4 Å². The summed E-state index contributed by atoms with van der Waals surface area (Å²) >= 11 is 0. The summed E-state index contributed by atoms with van der Waals surface area (Å²) in [5.41, 5.74) is 6.40. The van der Waals surface area contributed by atoms with Crippen LogP contribution in [0.3, 0.4) is 0 Å². The Bertz CT molecular complexity index is 349. The average Bonchev–Trinajstić information content (AvgIpc) is 2.46. The highest BCUT2D eigenvalue weighted by molar-refractivity contribution is 5.67. The minimum atomic E-state index is -0.356. The monoisotopic (exact) mass is 266 g/mol. The summed E-state index contributed by atoms with van der Waals surface area (Å²) in [6.07, 6.45) is 0.919. The van der Waals surface area contributed by atoms with Crippen LogP contribution in [0.2, 0.25) is 0 Å². The maximum atomic E-state index is 11.9. The minimum Gasteiger partial charge on any atom is -0.445 e. The lowest BCUT2D eigenvalue weighted by molar-refractivity contribution is 0.0933. The standard InChI is InChI=1S/C14H22N2O3/c15-8-4-9-16(10-5-11-17)14(18)19-12-13-6-2-1-3-7-13/h1-3,6-7,17H,4-5,8-12,15H2. The van der Waals surface area contributed by atoms with E-state index in [1.807, 2.05) is 30.3 Å². The third-order valence-electron chi connectivity index (χ3n) is 2.68. The van der Waals surface area contributed by atoms with Crippen molar-refractivity contribution < 1.29 is 14.6 Å². The van der Waals surface area contributed by atoms with Gasteiger partial charge in [-0.15, -0.1) is 0 Å². The van der Waals surface area contributed by atoms with E-state index in [4.69, 9.17) is 15.6 Å². The Balaban J connectivity index is 2.41. The molecular formula is C14H22N2O3. The zero-order valence-electron chi connectivity index (χ0n) is 11.1. The lowest BCUT2D eigenvalue weighted by Crippen LogP contribution is -2.34. The molecule has 0 bridgehead atoms. The molecule has 3 N–H and O–H groups in total. The van der Waals surface area contributed by atoms with Gasteiger partial charge in [0.05, 0.1) is 0 Å². The number of amides is 1. The Labute approximate surface area is 114 Å². The fourth-order valence-corrected chi connectivity index (χ4v) is 1.65. The van der Waals surface area contributed by atoms with Gasteiger partial charge in [-0.2, -0.15) is 0 Å². The van der Waals surface area contributed by atoms with E-state index in [0.717, 1.165) is 12.0 Å². The fourth-order valence-electron chi connectivity index (χ4n) is 1.65. The van der Waals surface area contributed by atoms with Gasteiger partial charge in [0.15, 0.2) is 0 Å². The number of aliphatic hydroxyl groups excluding tert-OH is 1. The van der Waals surface area contributed by atoms with Crippen molar-refractivity contribution in [2.24, 2.45) is 5.73 Å². The van der Waals surface area contributed by atoms with Gasteiger partial charge in [-0.3, -0.25) is 0 Å². The molecule has 0 spiro atoms. The molecule has 106 valence electrons.